The zero-order valence-electron chi connectivity index (χ0n) is 11.6. The van der Waals surface area contributed by atoms with Crippen molar-refractivity contribution in [1.29, 1.82) is 0 Å². The third kappa shape index (κ3) is 3.07. The summed E-state index contributed by atoms with van der Waals surface area (Å²) in [6.45, 7) is 3.43. The molecule has 1 fully saturated rings. The Morgan fingerprint density at radius 1 is 1.19 bits per heavy atom. The van der Waals surface area contributed by atoms with Crippen molar-refractivity contribution in [2.24, 2.45) is 0 Å². The van der Waals surface area contributed by atoms with E-state index in [0.29, 0.717) is 22.9 Å². The van der Waals surface area contributed by atoms with Gasteiger partial charge in [0.25, 0.3) is 0 Å². The molecule has 21 heavy (non-hydrogen) atoms. The lowest BCUT2D eigenvalue weighted by Crippen LogP contribution is -2.54. The highest BCUT2D eigenvalue weighted by Gasteiger charge is 2.28. The van der Waals surface area contributed by atoms with Gasteiger partial charge in [0.05, 0.1) is 5.69 Å². The molecule has 1 aromatic carbocycles. The molecule has 113 valence electrons. The van der Waals surface area contributed by atoms with E-state index >= 15 is 0 Å². The van der Waals surface area contributed by atoms with E-state index in [1.54, 1.807) is 23.1 Å². The van der Waals surface area contributed by atoms with Crippen molar-refractivity contribution in [3.63, 3.8) is 0 Å². The first-order valence-electron chi connectivity index (χ1n) is 7.06. The number of fused-ring (bicyclic) bond motifs is 1. The minimum atomic E-state index is -0.351. The van der Waals surface area contributed by atoms with Crippen molar-refractivity contribution in [2.75, 3.05) is 36.3 Å². The maximum Gasteiger partial charge on any atom is 0.342 e. The molecule has 2 N–H and O–H groups in total. The highest BCUT2D eigenvalue weighted by atomic mass is 35.5. The summed E-state index contributed by atoms with van der Waals surface area (Å²) >= 11 is 6.01. The van der Waals surface area contributed by atoms with Crippen LogP contribution in [0, 0.1) is 6.42 Å². The second-order valence-electron chi connectivity index (χ2n) is 5.22. The molecule has 0 aliphatic carbocycles. The highest BCUT2D eigenvalue weighted by molar-refractivity contribution is 6.31. The van der Waals surface area contributed by atoms with E-state index < -0.39 is 0 Å². The summed E-state index contributed by atoms with van der Waals surface area (Å²) in [7, 11) is 0. The first-order chi connectivity index (χ1) is 10.1. The van der Waals surface area contributed by atoms with Gasteiger partial charge >= 0.3 is 6.03 Å². The first kappa shape index (κ1) is 14.4. The molecular formula is C14H18ClN4O2. The number of nitrogens with one attached hydrogen (secondary N) is 1. The average Bonchev–Trinajstić information content (AvgIpc) is 2.47. The molecule has 0 bridgehead atoms. The van der Waals surface area contributed by atoms with Crippen LogP contribution in [0.25, 0.3) is 0 Å². The summed E-state index contributed by atoms with van der Waals surface area (Å²) in [4.78, 5) is 16.1. The number of likely N-dealkylation sites (tertiary alicyclic amines) is 1. The van der Waals surface area contributed by atoms with Gasteiger partial charge in [-0.3, -0.25) is 10.1 Å². The number of rotatable bonds is 3. The monoisotopic (exact) mass is 309 g/mol. The lowest BCUT2D eigenvalue weighted by Gasteiger charge is -2.36. The van der Waals surface area contributed by atoms with E-state index in [-0.39, 0.29) is 6.03 Å². The van der Waals surface area contributed by atoms with Crippen LogP contribution in [0.15, 0.2) is 18.2 Å². The molecule has 2 heterocycles. The molecule has 2 amide bonds. The minimum absolute atomic E-state index is 0.351. The predicted octanol–water partition coefficient (Wildman–Crippen LogP) is 2.28. The molecular weight excluding hydrogens is 292 g/mol. The number of carbonyl (C=O) groups excluding carboxylic acids is 1. The second kappa shape index (κ2) is 6.09. The molecule has 7 heteroatoms. The number of piperidine rings is 1. The normalized spacial score (nSPS) is 19.4. The summed E-state index contributed by atoms with van der Waals surface area (Å²) in [6, 6.07) is 4.71. The van der Waals surface area contributed by atoms with Crippen molar-refractivity contribution < 1.29 is 10.0 Å². The maximum atomic E-state index is 12.1. The molecule has 2 aliphatic rings. The van der Waals surface area contributed by atoms with E-state index in [0.717, 1.165) is 37.6 Å². The average molecular weight is 310 g/mol. The molecule has 0 unspecified atom stereocenters. The summed E-state index contributed by atoms with van der Waals surface area (Å²) in [5.74, 6) is 0. The Labute approximate surface area is 128 Å². The molecule has 1 aromatic rings. The number of anilines is 2. The number of hydrogen-bond acceptors (Lipinski definition) is 4. The highest BCUT2D eigenvalue weighted by Crippen LogP contribution is 2.33. The van der Waals surface area contributed by atoms with Crippen molar-refractivity contribution in [3.05, 3.63) is 29.6 Å². The molecule has 6 nitrogen and oxygen atoms in total. The Kier molecular flexibility index (Phi) is 4.19. The number of urea groups is 1. The molecule has 3 rings (SSSR count). The summed E-state index contributed by atoms with van der Waals surface area (Å²) in [5, 5.41) is 11.0. The van der Waals surface area contributed by atoms with Crippen LogP contribution >= 0.6 is 11.6 Å². The Balaban J connectivity index is 1.76. The fraction of sp³-hybridized carbons (Fsp3) is 0.429. The van der Waals surface area contributed by atoms with Crippen LogP contribution in [0.1, 0.15) is 12.8 Å². The van der Waals surface area contributed by atoms with Crippen LogP contribution < -0.4 is 15.5 Å². The zero-order valence-corrected chi connectivity index (χ0v) is 12.4. The molecule has 1 saturated heterocycles. The van der Waals surface area contributed by atoms with Crippen molar-refractivity contribution in [2.45, 2.75) is 12.8 Å². The quantitative estimate of drug-likeness (QED) is 0.899. The number of hydrogen-bond donors (Lipinski definition) is 2. The number of benzene rings is 1. The molecule has 0 saturated carbocycles. The maximum absolute atomic E-state index is 12.1. The Bertz CT molecular complexity index is 534. The van der Waals surface area contributed by atoms with Gasteiger partial charge in [0.2, 0.25) is 0 Å². The molecule has 0 atom stereocenters. The van der Waals surface area contributed by atoms with E-state index in [2.05, 4.69) is 16.7 Å². The number of amides is 2. The van der Waals surface area contributed by atoms with Crippen LogP contribution in [0.2, 0.25) is 5.02 Å². The van der Waals surface area contributed by atoms with Crippen molar-refractivity contribution in [1.82, 2.24) is 10.3 Å². The van der Waals surface area contributed by atoms with Crippen molar-refractivity contribution >= 4 is 29.0 Å². The first-order valence-corrected chi connectivity index (χ1v) is 7.43. The summed E-state index contributed by atoms with van der Waals surface area (Å²) in [5.41, 5.74) is 3.54. The summed E-state index contributed by atoms with van der Waals surface area (Å²) < 4.78 is 0. The molecule has 1 radical (unpaired) electrons. The number of nitrogens with zero attached hydrogens (tertiary/aromatic N) is 3. The Hall–Kier alpha value is -1.50. The summed E-state index contributed by atoms with van der Waals surface area (Å²) in [6.07, 6.45) is 4.49. The lowest BCUT2D eigenvalue weighted by molar-refractivity contribution is 0.193. The van der Waals surface area contributed by atoms with Gasteiger partial charge in [0, 0.05) is 18.1 Å². The van der Waals surface area contributed by atoms with Gasteiger partial charge in [-0.15, -0.1) is 0 Å². The van der Waals surface area contributed by atoms with E-state index in [4.69, 9.17) is 11.6 Å². The Morgan fingerprint density at radius 3 is 2.71 bits per heavy atom. The third-order valence-corrected chi connectivity index (χ3v) is 4.08. The van der Waals surface area contributed by atoms with Gasteiger partial charge < -0.3 is 4.90 Å². The van der Waals surface area contributed by atoms with Gasteiger partial charge in [-0.2, -0.15) is 5.17 Å². The number of carbonyl (C=O) groups is 1. The van der Waals surface area contributed by atoms with Gasteiger partial charge in [0.15, 0.2) is 0 Å². The van der Waals surface area contributed by atoms with E-state index in [1.165, 1.54) is 0 Å². The standard InChI is InChI=1S/C14H18ClN4O2/c15-11-4-5-12-13(10-11)18(14(20)16-19(12)21)9-8-17-6-2-1-3-7-17/h1,4-5,10,21H,2-3,6-9H2,(H,16,20). The molecule has 0 aromatic heterocycles. The van der Waals surface area contributed by atoms with Gasteiger partial charge in [-0.1, -0.05) is 11.6 Å². The Morgan fingerprint density at radius 2 is 1.95 bits per heavy atom. The van der Waals surface area contributed by atoms with Crippen LogP contribution in [0.4, 0.5) is 16.2 Å². The fourth-order valence-electron chi connectivity index (χ4n) is 2.70. The number of halogens is 1. The largest absolute Gasteiger partial charge is 0.342 e. The minimum Gasteiger partial charge on any atom is -0.302 e. The second-order valence-corrected chi connectivity index (χ2v) is 5.66. The number of hydrazine groups is 1. The van der Waals surface area contributed by atoms with Crippen LogP contribution in [-0.2, 0) is 0 Å². The van der Waals surface area contributed by atoms with Gasteiger partial charge in [-0.05, 0) is 50.6 Å². The molecule has 2 aliphatic heterocycles. The van der Waals surface area contributed by atoms with Gasteiger partial charge in [0.1, 0.15) is 5.69 Å². The van der Waals surface area contributed by atoms with Crippen molar-refractivity contribution in [3.8, 4) is 0 Å². The molecule has 0 spiro atoms. The fourth-order valence-corrected chi connectivity index (χ4v) is 2.87. The third-order valence-electron chi connectivity index (χ3n) is 3.84. The zero-order chi connectivity index (χ0) is 14.8. The topological polar surface area (TPSA) is 59.1 Å². The van der Waals surface area contributed by atoms with Crippen LogP contribution in [0.5, 0.6) is 0 Å². The smallest absolute Gasteiger partial charge is 0.302 e. The van der Waals surface area contributed by atoms with Gasteiger partial charge in [-0.25, -0.2) is 10.2 Å². The van der Waals surface area contributed by atoms with E-state index in [1.807, 2.05) is 0 Å². The predicted molar refractivity (Wildman–Crippen MR) is 81.6 cm³/mol. The van der Waals surface area contributed by atoms with Crippen LogP contribution in [0.3, 0.4) is 0 Å². The SMILES string of the molecule is O=C1NN(O)c2ccc(Cl)cc2N1CCN1CC[CH]CC1. The lowest BCUT2D eigenvalue weighted by atomic mass is 10.1. The van der Waals surface area contributed by atoms with E-state index in [9.17, 15) is 10.0 Å². The van der Waals surface area contributed by atoms with Crippen LogP contribution in [-0.4, -0.2) is 42.3 Å².